The lowest BCUT2D eigenvalue weighted by atomic mass is 10.0. The van der Waals surface area contributed by atoms with Crippen molar-refractivity contribution >= 4 is 34.1 Å². The number of rotatable bonds is 3. The van der Waals surface area contributed by atoms with E-state index in [4.69, 9.17) is 5.73 Å². The molecule has 0 aromatic carbocycles. The number of thioether (sulfide) groups is 1. The first-order valence-corrected chi connectivity index (χ1v) is 6.81. The van der Waals surface area contributed by atoms with Crippen LogP contribution in [0.25, 0.3) is 0 Å². The summed E-state index contributed by atoms with van der Waals surface area (Å²) in [5.74, 6) is 4.09. The molecule has 0 saturated carbocycles. The van der Waals surface area contributed by atoms with Gasteiger partial charge in [0.25, 0.3) is 0 Å². The fourth-order valence-electron chi connectivity index (χ4n) is 1.57. The molecule has 14 heavy (non-hydrogen) atoms. The monoisotopic (exact) mass is 229 g/mol. The minimum Gasteiger partial charge on any atom is -0.383 e. The summed E-state index contributed by atoms with van der Waals surface area (Å²) < 4.78 is 4.03. The number of nitrogens with two attached hydrogens (primary N) is 1. The molecule has 0 spiro atoms. The van der Waals surface area contributed by atoms with Gasteiger partial charge in [-0.2, -0.15) is 16.1 Å². The number of nitrogens with one attached hydrogen (secondary N) is 1. The highest BCUT2D eigenvalue weighted by atomic mass is 32.2. The average Bonchev–Trinajstić information content (AvgIpc) is 2.63. The third kappa shape index (κ3) is 2.78. The Labute approximate surface area is 92.6 Å². The van der Waals surface area contributed by atoms with E-state index in [1.54, 1.807) is 0 Å². The summed E-state index contributed by atoms with van der Waals surface area (Å²) in [4.78, 5) is 0. The van der Waals surface area contributed by atoms with E-state index < -0.39 is 0 Å². The van der Waals surface area contributed by atoms with Crippen LogP contribution < -0.4 is 11.1 Å². The molecule has 0 aliphatic carbocycles. The first-order valence-electron chi connectivity index (χ1n) is 4.88. The molecule has 0 bridgehead atoms. The molecule has 5 heteroatoms. The summed E-state index contributed by atoms with van der Waals surface area (Å²) in [5, 5.41) is 4.50. The van der Waals surface area contributed by atoms with Gasteiger partial charge >= 0.3 is 0 Å². The van der Waals surface area contributed by atoms with Gasteiger partial charge in [0, 0.05) is 12.6 Å². The van der Waals surface area contributed by atoms with Gasteiger partial charge < -0.3 is 11.1 Å². The molecule has 0 amide bonds. The van der Waals surface area contributed by atoms with E-state index in [9.17, 15) is 0 Å². The van der Waals surface area contributed by atoms with Crippen molar-refractivity contribution < 1.29 is 0 Å². The smallest absolute Gasteiger partial charge is 0.139 e. The summed E-state index contributed by atoms with van der Waals surface area (Å²) in [6.07, 6.45) is 2.68. The number of anilines is 2. The molecule has 1 aliphatic rings. The zero-order valence-electron chi connectivity index (χ0n) is 8.03. The zero-order valence-corrected chi connectivity index (χ0v) is 9.66. The van der Waals surface area contributed by atoms with Gasteiger partial charge in [-0.25, -0.2) is 0 Å². The largest absolute Gasteiger partial charge is 0.383 e. The molecule has 2 rings (SSSR count). The fraction of sp³-hybridized carbons (Fsp3) is 0.667. The standard InChI is InChI=1S/C9H15N3S2/c10-8-5-9(14-12-8)11-6-7-1-3-13-4-2-7/h5,7,11H,1-4,6H2,(H2,10,12). The molecule has 0 radical (unpaired) electrons. The number of hydrogen-bond donors (Lipinski definition) is 2. The van der Waals surface area contributed by atoms with Crippen LogP contribution in [0.2, 0.25) is 0 Å². The molecule has 78 valence electrons. The second-order valence-electron chi connectivity index (χ2n) is 3.55. The van der Waals surface area contributed by atoms with E-state index in [2.05, 4.69) is 21.5 Å². The lowest BCUT2D eigenvalue weighted by Gasteiger charge is -2.21. The predicted molar refractivity (Wildman–Crippen MR) is 65.1 cm³/mol. The summed E-state index contributed by atoms with van der Waals surface area (Å²) in [7, 11) is 0. The Bertz CT molecular complexity index is 281. The average molecular weight is 229 g/mol. The summed E-state index contributed by atoms with van der Waals surface area (Å²) in [6.45, 7) is 1.07. The normalized spacial score (nSPS) is 18.3. The summed E-state index contributed by atoms with van der Waals surface area (Å²) in [5.41, 5.74) is 5.54. The van der Waals surface area contributed by atoms with Crippen LogP contribution in [0.5, 0.6) is 0 Å². The molecule has 1 aromatic rings. The number of nitrogens with zero attached hydrogens (tertiary/aromatic N) is 1. The summed E-state index contributed by atoms with van der Waals surface area (Å²) in [6, 6.07) is 1.91. The van der Waals surface area contributed by atoms with Gasteiger partial charge in [0.2, 0.25) is 0 Å². The van der Waals surface area contributed by atoms with Crippen molar-refractivity contribution in [3.63, 3.8) is 0 Å². The lowest BCUT2D eigenvalue weighted by molar-refractivity contribution is 0.516. The van der Waals surface area contributed by atoms with Gasteiger partial charge in [0.05, 0.1) is 0 Å². The van der Waals surface area contributed by atoms with Crippen LogP contribution in [0.3, 0.4) is 0 Å². The van der Waals surface area contributed by atoms with Crippen molar-refractivity contribution in [3.05, 3.63) is 6.07 Å². The van der Waals surface area contributed by atoms with E-state index in [1.807, 2.05) is 6.07 Å². The van der Waals surface area contributed by atoms with Gasteiger partial charge in [-0.15, -0.1) is 0 Å². The van der Waals surface area contributed by atoms with Gasteiger partial charge in [0.1, 0.15) is 10.8 Å². The maximum atomic E-state index is 5.54. The van der Waals surface area contributed by atoms with Crippen molar-refractivity contribution in [2.75, 3.05) is 29.1 Å². The number of aromatic nitrogens is 1. The second kappa shape index (κ2) is 4.89. The molecule has 3 N–H and O–H groups in total. The van der Waals surface area contributed by atoms with Crippen LogP contribution in [0, 0.1) is 5.92 Å². The minimum absolute atomic E-state index is 0.622. The highest BCUT2D eigenvalue weighted by Crippen LogP contribution is 2.24. The second-order valence-corrected chi connectivity index (χ2v) is 5.58. The van der Waals surface area contributed by atoms with Crippen LogP contribution in [0.4, 0.5) is 10.8 Å². The van der Waals surface area contributed by atoms with E-state index in [0.717, 1.165) is 17.5 Å². The van der Waals surface area contributed by atoms with E-state index in [-0.39, 0.29) is 0 Å². The van der Waals surface area contributed by atoms with Gasteiger partial charge in [-0.3, -0.25) is 0 Å². The van der Waals surface area contributed by atoms with Crippen LogP contribution >= 0.6 is 23.3 Å². The Morgan fingerprint density at radius 2 is 2.29 bits per heavy atom. The minimum atomic E-state index is 0.622. The van der Waals surface area contributed by atoms with Crippen molar-refractivity contribution in [1.29, 1.82) is 0 Å². The van der Waals surface area contributed by atoms with Gasteiger partial charge in [-0.05, 0) is 41.8 Å². The van der Waals surface area contributed by atoms with Crippen LogP contribution in [0.1, 0.15) is 12.8 Å². The Hall–Kier alpha value is -0.420. The lowest BCUT2D eigenvalue weighted by Crippen LogP contribution is -2.18. The quantitative estimate of drug-likeness (QED) is 0.835. The highest BCUT2D eigenvalue weighted by molar-refractivity contribution is 7.99. The Kier molecular flexibility index (Phi) is 3.53. The maximum Gasteiger partial charge on any atom is 0.139 e. The van der Waals surface area contributed by atoms with E-state index >= 15 is 0 Å². The topological polar surface area (TPSA) is 50.9 Å². The SMILES string of the molecule is Nc1cc(NCC2CCSCC2)sn1. The molecular formula is C9H15N3S2. The summed E-state index contributed by atoms with van der Waals surface area (Å²) >= 11 is 3.51. The molecule has 1 aliphatic heterocycles. The van der Waals surface area contributed by atoms with Gasteiger partial charge in [0.15, 0.2) is 0 Å². The Balaban J connectivity index is 1.76. The first-order chi connectivity index (χ1) is 6.84. The van der Waals surface area contributed by atoms with Crippen LogP contribution in [-0.2, 0) is 0 Å². The maximum absolute atomic E-state index is 5.54. The molecule has 1 fully saturated rings. The van der Waals surface area contributed by atoms with Crippen molar-refractivity contribution in [2.45, 2.75) is 12.8 Å². The molecule has 2 heterocycles. The van der Waals surface area contributed by atoms with Crippen LogP contribution in [0.15, 0.2) is 6.07 Å². The van der Waals surface area contributed by atoms with Gasteiger partial charge in [-0.1, -0.05) is 0 Å². The third-order valence-corrected chi connectivity index (χ3v) is 4.24. The number of hydrogen-bond acceptors (Lipinski definition) is 5. The Morgan fingerprint density at radius 1 is 1.50 bits per heavy atom. The first kappa shape index (κ1) is 10.1. The van der Waals surface area contributed by atoms with E-state index in [1.165, 1.54) is 35.9 Å². The van der Waals surface area contributed by atoms with Crippen LogP contribution in [-0.4, -0.2) is 22.4 Å². The number of nitrogen functional groups attached to an aromatic ring is 1. The van der Waals surface area contributed by atoms with E-state index in [0.29, 0.717) is 5.82 Å². The zero-order chi connectivity index (χ0) is 9.80. The molecule has 0 atom stereocenters. The molecule has 0 unspecified atom stereocenters. The predicted octanol–water partition coefficient (Wildman–Crippen LogP) is 2.28. The Morgan fingerprint density at radius 3 is 2.93 bits per heavy atom. The third-order valence-electron chi connectivity index (χ3n) is 2.43. The highest BCUT2D eigenvalue weighted by Gasteiger charge is 2.13. The van der Waals surface area contributed by atoms with Crippen molar-refractivity contribution in [3.8, 4) is 0 Å². The molecular weight excluding hydrogens is 214 g/mol. The molecule has 1 saturated heterocycles. The molecule has 1 aromatic heterocycles. The fourth-order valence-corrected chi connectivity index (χ4v) is 3.35. The van der Waals surface area contributed by atoms with Crippen molar-refractivity contribution in [1.82, 2.24) is 4.37 Å². The van der Waals surface area contributed by atoms with Crippen molar-refractivity contribution in [2.24, 2.45) is 5.92 Å². The molecule has 3 nitrogen and oxygen atoms in total.